The van der Waals surface area contributed by atoms with E-state index in [0.717, 1.165) is 57.2 Å². The Morgan fingerprint density at radius 1 is 0.444 bits per heavy atom. The van der Waals surface area contributed by atoms with Crippen LogP contribution in [0, 0.1) is 0 Å². The van der Waals surface area contributed by atoms with Crippen LogP contribution in [0.2, 0.25) is 0 Å². The van der Waals surface area contributed by atoms with E-state index in [9.17, 15) is 0 Å². The summed E-state index contributed by atoms with van der Waals surface area (Å²) in [6.07, 6.45) is 4.38. The zero-order chi connectivity index (χ0) is 31.1. The zero-order valence-electron chi connectivity index (χ0n) is 27.2. The summed E-state index contributed by atoms with van der Waals surface area (Å²) in [5.41, 5.74) is 6.22. The van der Waals surface area contributed by atoms with Gasteiger partial charge in [0, 0.05) is 34.6 Å². The van der Waals surface area contributed by atoms with E-state index in [1.54, 1.807) is 0 Å². The standard InChI is InChI=1S/C38H40N6.Cu/c1-35(2)27-19-21-29(39-27)36(3,4)31-23-43(25-15-11-9-12-16-25)33(41-31)38(7,8)34-42-32(24-44(34)26-17-13-10-14-18-26)37(5,6)30-22-20-28(35)40-30;/h9-24H,1-8H3;/q-2;+2. The van der Waals surface area contributed by atoms with E-state index in [0.29, 0.717) is 0 Å². The van der Waals surface area contributed by atoms with E-state index in [-0.39, 0.29) is 22.5 Å². The van der Waals surface area contributed by atoms with Crippen molar-refractivity contribution in [2.75, 3.05) is 0 Å². The van der Waals surface area contributed by atoms with Gasteiger partial charge in [-0.3, -0.25) is 0 Å². The maximum absolute atomic E-state index is 5.47. The van der Waals surface area contributed by atoms with Crippen molar-refractivity contribution >= 4 is 0 Å². The molecule has 5 heterocycles. The average Bonchev–Trinajstić information content (AvgIpc) is 3.82. The van der Waals surface area contributed by atoms with E-state index in [1.165, 1.54) is 0 Å². The smallest absolute Gasteiger partial charge is 0.663 e. The third kappa shape index (κ3) is 4.76. The molecule has 0 N–H and O–H groups in total. The Kier molecular flexibility index (Phi) is 7.22. The number of para-hydroxylation sites is 2. The van der Waals surface area contributed by atoms with Gasteiger partial charge in [-0.2, -0.15) is 11.4 Å². The number of hydrogen-bond acceptors (Lipinski definition) is 2. The molecule has 1 radical (unpaired) electrons. The summed E-state index contributed by atoms with van der Waals surface area (Å²) in [5.74, 6) is 1.85. The number of fused-ring (bicyclic) bond motifs is 8. The average molecular weight is 644 g/mol. The van der Waals surface area contributed by atoms with Crippen molar-refractivity contribution in [3.05, 3.63) is 143 Å². The Balaban J connectivity index is 0.00000357. The Hall–Kier alpha value is -4.06. The van der Waals surface area contributed by atoms with Crippen LogP contribution in [0.5, 0.6) is 0 Å². The molecule has 0 amide bonds. The number of benzene rings is 2. The van der Waals surface area contributed by atoms with Gasteiger partial charge in [-0.1, -0.05) is 102 Å². The third-order valence-corrected chi connectivity index (χ3v) is 9.72. The molecule has 1 aliphatic heterocycles. The fourth-order valence-electron chi connectivity index (χ4n) is 6.43. The summed E-state index contributed by atoms with van der Waals surface area (Å²) in [7, 11) is 0. The van der Waals surface area contributed by atoms with Gasteiger partial charge in [0.05, 0.1) is 16.8 Å². The van der Waals surface area contributed by atoms with Gasteiger partial charge in [0.15, 0.2) is 0 Å². The maximum atomic E-state index is 5.47. The molecule has 1 aliphatic rings. The molecule has 0 saturated heterocycles. The van der Waals surface area contributed by atoms with Crippen molar-refractivity contribution in [1.82, 2.24) is 29.1 Å². The predicted molar refractivity (Wildman–Crippen MR) is 175 cm³/mol. The first-order chi connectivity index (χ1) is 20.8. The molecule has 7 heteroatoms. The molecule has 0 saturated carbocycles. The van der Waals surface area contributed by atoms with E-state index >= 15 is 0 Å². The van der Waals surface area contributed by atoms with Gasteiger partial charge < -0.3 is 19.1 Å². The number of rotatable bonds is 2. The van der Waals surface area contributed by atoms with Crippen LogP contribution < -0.4 is 9.97 Å². The Bertz CT molecular complexity index is 1820. The Morgan fingerprint density at radius 3 is 1.13 bits per heavy atom. The zero-order valence-corrected chi connectivity index (χ0v) is 28.2. The van der Waals surface area contributed by atoms with Crippen molar-refractivity contribution in [3.63, 3.8) is 0 Å². The topological polar surface area (TPSA) is 63.8 Å². The van der Waals surface area contributed by atoms with Crippen LogP contribution in [0.1, 0.15) is 101 Å². The summed E-state index contributed by atoms with van der Waals surface area (Å²) in [4.78, 5) is 21.4. The molecule has 0 aliphatic carbocycles. The molecule has 2 aromatic carbocycles. The van der Waals surface area contributed by atoms with Crippen molar-refractivity contribution in [2.45, 2.75) is 77.0 Å². The van der Waals surface area contributed by atoms with E-state index in [4.69, 9.17) is 19.9 Å². The number of aromatic nitrogens is 6. The predicted octanol–water partition coefficient (Wildman–Crippen LogP) is 7.59. The summed E-state index contributed by atoms with van der Waals surface area (Å²) < 4.78 is 4.48. The van der Waals surface area contributed by atoms with E-state index in [2.05, 4.69) is 150 Å². The molecule has 0 unspecified atom stereocenters. The quantitative estimate of drug-likeness (QED) is 0.182. The van der Waals surface area contributed by atoms with Crippen molar-refractivity contribution in [3.8, 4) is 11.4 Å². The normalized spacial score (nSPS) is 17.4. The molecule has 233 valence electrons. The Morgan fingerprint density at radius 2 is 0.778 bits per heavy atom. The van der Waals surface area contributed by atoms with Crippen LogP contribution in [0.4, 0.5) is 0 Å². The second-order valence-corrected chi connectivity index (χ2v) is 14.2. The largest absolute Gasteiger partial charge is 2.00 e. The van der Waals surface area contributed by atoms with Gasteiger partial charge in [0.1, 0.15) is 11.6 Å². The molecule has 0 atom stereocenters. The van der Waals surface area contributed by atoms with Crippen LogP contribution in [0.15, 0.2) is 97.3 Å². The van der Waals surface area contributed by atoms with Crippen LogP contribution in [0.3, 0.4) is 0 Å². The molecule has 8 bridgehead atoms. The number of nitrogens with zero attached hydrogens (tertiary/aromatic N) is 6. The van der Waals surface area contributed by atoms with Gasteiger partial charge >= 0.3 is 17.1 Å². The molecular weight excluding hydrogens is 604 g/mol. The summed E-state index contributed by atoms with van der Waals surface area (Å²) in [6, 6.07) is 29.6. The molecule has 0 fully saturated rings. The summed E-state index contributed by atoms with van der Waals surface area (Å²) in [5, 5.41) is 0. The fraction of sp³-hybridized carbons (Fsp3) is 0.316. The van der Waals surface area contributed by atoms with Gasteiger partial charge in [-0.25, -0.2) is 9.97 Å². The first-order valence-electron chi connectivity index (χ1n) is 15.4. The minimum absolute atomic E-state index is 0. The molecule has 6 nitrogen and oxygen atoms in total. The second-order valence-electron chi connectivity index (χ2n) is 14.2. The van der Waals surface area contributed by atoms with Crippen LogP contribution in [-0.4, -0.2) is 19.1 Å². The fourth-order valence-corrected chi connectivity index (χ4v) is 6.43. The number of imidazole rings is 2. The second kappa shape index (κ2) is 10.5. The number of hydrogen-bond donors (Lipinski definition) is 0. The molecule has 0 spiro atoms. The molecule has 45 heavy (non-hydrogen) atoms. The van der Waals surface area contributed by atoms with Crippen LogP contribution in [-0.2, 0) is 38.7 Å². The molecular formula is C38H40CuN6. The maximum Gasteiger partial charge on any atom is 2.00 e. The van der Waals surface area contributed by atoms with E-state index < -0.39 is 16.2 Å². The molecule has 4 aromatic heterocycles. The van der Waals surface area contributed by atoms with Gasteiger partial charge in [-0.05, 0) is 43.5 Å². The van der Waals surface area contributed by atoms with Crippen molar-refractivity contribution < 1.29 is 17.1 Å². The van der Waals surface area contributed by atoms with E-state index in [1.807, 2.05) is 12.1 Å². The van der Waals surface area contributed by atoms with Crippen LogP contribution in [0.25, 0.3) is 11.4 Å². The first kappa shape index (κ1) is 30.9. The first-order valence-corrected chi connectivity index (χ1v) is 15.4. The monoisotopic (exact) mass is 643 g/mol. The minimum Gasteiger partial charge on any atom is -0.663 e. The van der Waals surface area contributed by atoms with Gasteiger partial charge in [0.25, 0.3) is 0 Å². The molecule has 7 rings (SSSR count). The van der Waals surface area contributed by atoms with Crippen molar-refractivity contribution in [2.24, 2.45) is 0 Å². The van der Waals surface area contributed by atoms with Gasteiger partial charge in [0.2, 0.25) is 0 Å². The van der Waals surface area contributed by atoms with Gasteiger partial charge in [-0.15, -0.1) is 11.4 Å². The summed E-state index contributed by atoms with van der Waals surface area (Å²) >= 11 is 0. The molecule has 6 aromatic rings. The third-order valence-electron chi connectivity index (χ3n) is 9.72. The van der Waals surface area contributed by atoms with Crippen LogP contribution >= 0.6 is 0 Å². The SMILES string of the molecule is CC1(C)c2cn(-c3ccccc3)c(n2)C(C)(C)c2nc(cn2-c2ccccc2)C(C)(C)c2ccc([n-]2)C(C)(C)c2ccc1[n-]2.[Cu+2]. The summed E-state index contributed by atoms with van der Waals surface area (Å²) in [6.45, 7) is 17.7. The van der Waals surface area contributed by atoms with Crippen molar-refractivity contribution in [1.29, 1.82) is 0 Å². The Labute approximate surface area is 276 Å². The minimum atomic E-state index is -0.581.